The maximum atomic E-state index is 9.86. The van der Waals surface area contributed by atoms with Gasteiger partial charge in [-0.05, 0) is 36.5 Å². The van der Waals surface area contributed by atoms with Gasteiger partial charge in [-0.2, -0.15) is 0 Å². The first kappa shape index (κ1) is 18.0. The Morgan fingerprint density at radius 2 is 1.81 bits per heavy atom. The number of aryl methyl sites for hydroxylation is 1. The molecule has 21 heavy (non-hydrogen) atoms. The van der Waals surface area contributed by atoms with Crippen molar-refractivity contribution in [3.63, 3.8) is 0 Å². The minimum Gasteiger partial charge on any atom is -0.491 e. The monoisotopic (exact) mass is 295 g/mol. The topological polar surface area (TPSA) is 61.7 Å². The fraction of sp³-hybridized carbons (Fsp3) is 0.647. The summed E-state index contributed by atoms with van der Waals surface area (Å²) in [6, 6.07) is 7.74. The molecule has 120 valence electrons. The SMILES string of the molecule is Cc1cccc(OCC(O)CNCC(O)CC(C)(C)C)c1. The molecule has 1 rings (SSSR count). The van der Waals surface area contributed by atoms with Crippen LogP contribution in [-0.4, -0.2) is 42.1 Å². The second kappa shape index (κ2) is 8.37. The number of benzene rings is 1. The molecule has 0 aliphatic heterocycles. The van der Waals surface area contributed by atoms with Crippen molar-refractivity contribution in [1.82, 2.24) is 5.32 Å². The van der Waals surface area contributed by atoms with Crippen molar-refractivity contribution in [1.29, 1.82) is 0 Å². The van der Waals surface area contributed by atoms with Crippen LogP contribution in [-0.2, 0) is 0 Å². The van der Waals surface area contributed by atoms with Crippen molar-refractivity contribution in [2.45, 2.75) is 46.3 Å². The molecular weight excluding hydrogens is 266 g/mol. The van der Waals surface area contributed by atoms with Gasteiger partial charge in [0.2, 0.25) is 0 Å². The average molecular weight is 295 g/mol. The summed E-state index contributed by atoms with van der Waals surface area (Å²) < 4.78 is 5.53. The first-order valence-corrected chi connectivity index (χ1v) is 7.52. The predicted octanol–water partition coefficient (Wildman–Crippen LogP) is 2.12. The molecule has 4 nitrogen and oxygen atoms in total. The molecule has 1 aromatic rings. The van der Waals surface area contributed by atoms with Crippen LogP contribution in [0.3, 0.4) is 0 Å². The summed E-state index contributed by atoms with van der Waals surface area (Å²) in [5, 5.41) is 22.8. The number of hydrogen-bond donors (Lipinski definition) is 3. The van der Waals surface area contributed by atoms with E-state index in [4.69, 9.17) is 4.74 Å². The molecule has 1 aromatic carbocycles. The Bertz CT molecular complexity index is 415. The molecule has 0 fully saturated rings. The first-order chi connectivity index (χ1) is 9.76. The second-order valence-electron chi connectivity index (χ2n) is 6.86. The average Bonchev–Trinajstić information content (AvgIpc) is 2.34. The molecule has 3 N–H and O–H groups in total. The molecule has 4 heteroatoms. The van der Waals surface area contributed by atoms with Gasteiger partial charge in [0.1, 0.15) is 18.5 Å². The van der Waals surface area contributed by atoms with Crippen molar-refractivity contribution in [3.05, 3.63) is 29.8 Å². The van der Waals surface area contributed by atoms with E-state index in [0.717, 1.165) is 17.7 Å². The third-order valence-corrected chi connectivity index (χ3v) is 3.04. The molecule has 0 amide bonds. The fourth-order valence-corrected chi connectivity index (χ4v) is 2.15. The minimum absolute atomic E-state index is 0.105. The van der Waals surface area contributed by atoms with E-state index in [1.165, 1.54) is 0 Å². The molecule has 0 bridgehead atoms. The Balaban J connectivity index is 2.18. The number of ether oxygens (including phenoxy) is 1. The number of aliphatic hydroxyl groups is 2. The Hall–Kier alpha value is -1.10. The Kier molecular flexibility index (Phi) is 7.15. The highest BCUT2D eigenvalue weighted by atomic mass is 16.5. The Labute approximate surface area is 128 Å². The number of rotatable bonds is 8. The summed E-state index contributed by atoms with van der Waals surface area (Å²) in [5.41, 5.74) is 1.24. The van der Waals surface area contributed by atoms with Gasteiger partial charge in [-0.3, -0.25) is 0 Å². The van der Waals surface area contributed by atoms with Crippen LogP contribution < -0.4 is 10.1 Å². The lowest BCUT2D eigenvalue weighted by molar-refractivity contribution is 0.0907. The van der Waals surface area contributed by atoms with Gasteiger partial charge in [0.05, 0.1) is 6.10 Å². The van der Waals surface area contributed by atoms with Crippen molar-refractivity contribution >= 4 is 0 Å². The van der Waals surface area contributed by atoms with Crippen LogP contribution in [0, 0.1) is 12.3 Å². The van der Waals surface area contributed by atoms with Crippen LogP contribution in [0.25, 0.3) is 0 Å². The van der Waals surface area contributed by atoms with E-state index in [2.05, 4.69) is 26.1 Å². The van der Waals surface area contributed by atoms with Gasteiger partial charge in [-0.25, -0.2) is 0 Å². The highest BCUT2D eigenvalue weighted by Gasteiger charge is 2.16. The number of nitrogens with one attached hydrogen (secondary N) is 1. The molecular formula is C17H29NO3. The molecule has 0 spiro atoms. The Morgan fingerprint density at radius 3 is 2.43 bits per heavy atom. The van der Waals surface area contributed by atoms with Gasteiger partial charge in [0.15, 0.2) is 0 Å². The van der Waals surface area contributed by atoms with Gasteiger partial charge in [-0.1, -0.05) is 32.9 Å². The zero-order valence-electron chi connectivity index (χ0n) is 13.6. The maximum Gasteiger partial charge on any atom is 0.119 e. The van der Waals surface area contributed by atoms with Crippen LogP contribution in [0.4, 0.5) is 0 Å². The molecule has 0 saturated carbocycles. The molecule has 0 radical (unpaired) electrons. The molecule has 2 atom stereocenters. The van der Waals surface area contributed by atoms with E-state index in [9.17, 15) is 10.2 Å². The van der Waals surface area contributed by atoms with E-state index >= 15 is 0 Å². The van der Waals surface area contributed by atoms with Crippen LogP contribution in [0.2, 0.25) is 0 Å². The smallest absolute Gasteiger partial charge is 0.119 e. The van der Waals surface area contributed by atoms with E-state index in [1.807, 2.05) is 31.2 Å². The standard InChI is InChI=1S/C17H29NO3/c1-13-6-5-7-16(8-13)21-12-15(20)11-18-10-14(19)9-17(2,3)4/h5-8,14-15,18-20H,9-12H2,1-4H3. The third-order valence-electron chi connectivity index (χ3n) is 3.04. The van der Waals surface area contributed by atoms with Gasteiger partial charge < -0.3 is 20.3 Å². The van der Waals surface area contributed by atoms with Crippen molar-refractivity contribution in [2.24, 2.45) is 5.41 Å². The summed E-state index contributed by atoms with van der Waals surface area (Å²) in [4.78, 5) is 0. The second-order valence-corrected chi connectivity index (χ2v) is 6.86. The largest absolute Gasteiger partial charge is 0.491 e. The molecule has 0 heterocycles. The van der Waals surface area contributed by atoms with E-state index in [-0.39, 0.29) is 12.0 Å². The zero-order chi connectivity index (χ0) is 15.9. The van der Waals surface area contributed by atoms with Crippen molar-refractivity contribution < 1.29 is 14.9 Å². The lowest BCUT2D eigenvalue weighted by Gasteiger charge is -2.23. The van der Waals surface area contributed by atoms with Gasteiger partial charge in [0.25, 0.3) is 0 Å². The molecule has 0 aromatic heterocycles. The van der Waals surface area contributed by atoms with E-state index < -0.39 is 12.2 Å². The predicted molar refractivity (Wildman–Crippen MR) is 85.6 cm³/mol. The lowest BCUT2D eigenvalue weighted by Crippen LogP contribution is -2.37. The van der Waals surface area contributed by atoms with Crippen molar-refractivity contribution in [3.8, 4) is 5.75 Å². The molecule has 0 aliphatic carbocycles. The number of aliphatic hydroxyl groups excluding tert-OH is 2. The lowest BCUT2D eigenvalue weighted by atomic mass is 9.89. The van der Waals surface area contributed by atoms with Crippen molar-refractivity contribution in [2.75, 3.05) is 19.7 Å². The summed E-state index contributed by atoms with van der Waals surface area (Å²) in [6.07, 6.45) is -0.252. The first-order valence-electron chi connectivity index (χ1n) is 7.52. The normalized spacial score (nSPS) is 14.8. The van der Waals surface area contributed by atoms with Gasteiger partial charge >= 0.3 is 0 Å². The maximum absolute atomic E-state index is 9.86. The van der Waals surface area contributed by atoms with E-state index in [1.54, 1.807) is 0 Å². The fourth-order valence-electron chi connectivity index (χ4n) is 2.15. The quantitative estimate of drug-likeness (QED) is 0.687. The molecule has 2 unspecified atom stereocenters. The molecule has 0 saturated heterocycles. The highest BCUT2D eigenvalue weighted by molar-refractivity contribution is 5.27. The number of hydrogen-bond acceptors (Lipinski definition) is 4. The van der Waals surface area contributed by atoms with Crippen LogP contribution >= 0.6 is 0 Å². The van der Waals surface area contributed by atoms with Gasteiger partial charge in [0, 0.05) is 13.1 Å². The summed E-state index contributed by atoms with van der Waals surface area (Å²) >= 11 is 0. The third kappa shape index (κ3) is 8.71. The van der Waals surface area contributed by atoms with Crippen LogP contribution in [0.15, 0.2) is 24.3 Å². The zero-order valence-corrected chi connectivity index (χ0v) is 13.6. The Morgan fingerprint density at radius 1 is 1.14 bits per heavy atom. The van der Waals surface area contributed by atoms with E-state index in [0.29, 0.717) is 13.1 Å². The summed E-state index contributed by atoms with van der Waals surface area (Å²) in [6.45, 7) is 9.43. The summed E-state index contributed by atoms with van der Waals surface area (Å²) in [5.74, 6) is 0.766. The highest BCUT2D eigenvalue weighted by Crippen LogP contribution is 2.20. The summed E-state index contributed by atoms with van der Waals surface area (Å²) in [7, 11) is 0. The minimum atomic E-state index is -0.590. The van der Waals surface area contributed by atoms with Crippen LogP contribution in [0.5, 0.6) is 5.75 Å². The van der Waals surface area contributed by atoms with Gasteiger partial charge in [-0.15, -0.1) is 0 Å². The molecule has 0 aliphatic rings. The van der Waals surface area contributed by atoms with Crippen LogP contribution in [0.1, 0.15) is 32.8 Å².